The van der Waals surface area contributed by atoms with Crippen molar-refractivity contribution >= 4 is 35.5 Å². The van der Waals surface area contributed by atoms with Gasteiger partial charge in [0.2, 0.25) is 5.91 Å². The lowest BCUT2D eigenvalue weighted by molar-refractivity contribution is -0.149. The Kier molecular flexibility index (Phi) is 7.62. The number of rotatable bonds is 6. The van der Waals surface area contributed by atoms with Gasteiger partial charge in [0.05, 0.1) is 19.8 Å². The summed E-state index contributed by atoms with van der Waals surface area (Å²) in [6.45, 7) is 1.55. The van der Waals surface area contributed by atoms with E-state index in [4.69, 9.17) is 21.1 Å². The molecule has 8 heteroatoms. The zero-order chi connectivity index (χ0) is 18.9. The minimum atomic E-state index is -0.647. The summed E-state index contributed by atoms with van der Waals surface area (Å²) in [5, 5.41) is 0.558. The van der Waals surface area contributed by atoms with Crippen LogP contribution in [0.5, 0.6) is 0 Å². The number of likely N-dealkylation sites (N-methyl/N-ethyl adjacent to an activating group) is 1. The fraction of sp³-hybridized carbons (Fsp3) is 0.389. The fourth-order valence-electron chi connectivity index (χ4n) is 2.27. The molecular formula is C18H21ClN2O5. The van der Waals surface area contributed by atoms with E-state index < -0.39 is 18.5 Å². The Balaban J connectivity index is 1.74. The first kappa shape index (κ1) is 19.9. The third kappa shape index (κ3) is 6.50. The van der Waals surface area contributed by atoms with Crippen molar-refractivity contribution in [3.63, 3.8) is 0 Å². The number of halogens is 1. The number of carbonyl (C=O) groups excluding carboxylic acids is 3. The summed E-state index contributed by atoms with van der Waals surface area (Å²) in [5.74, 6) is -1.25. The highest BCUT2D eigenvalue weighted by molar-refractivity contribution is 6.30. The molecule has 1 aliphatic heterocycles. The summed E-state index contributed by atoms with van der Waals surface area (Å²) in [4.78, 5) is 38.7. The molecule has 1 aliphatic rings. The van der Waals surface area contributed by atoms with Crippen LogP contribution >= 0.6 is 11.6 Å². The molecule has 0 spiro atoms. The van der Waals surface area contributed by atoms with Crippen LogP contribution in [0.15, 0.2) is 30.3 Å². The molecule has 1 heterocycles. The zero-order valence-corrected chi connectivity index (χ0v) is 15.3. The topological polar surface area (TPSA) is 76.2 Å². The van der Waals surface area contributed by atoms with Gasteiger partial charge < -0.3 is 19.3 Å². The van der Waals surface area contributed by atoms with Gasteiger partial charge in [-0.2, -0.15) is 0 Å². The molecule has 0 bridgehead atoms. The Morgan fingerprint density at radius 3 is 2.73 bits per heavy atom. The number of hydrogen-bond donors (Lipinski definition) is 0. The molecule has 2 rings (SSSR count). The van der Waals surface area contributed by atoms with E-state index in [0.717, 1.165) is 5.56 Å². The van der Waals surface area contributed by atoms with E-state index in [0.29, 0.717) is 31.3 Å². The lowest BCUT2D eigenvalue weighted by atomic mass is 10.2. The van der Waals surface area contributed by atoms with Crippen molar-refractivity contribution in [2.45, 2.75) is 0 Å². The molecule has 1 aromatic rings. The monoisotopic (exact) mass is 380 g/mol. The van der Waals surface area contributed by atoms with Crippen LogP contribution in [0.25, 0.3) is 6.08 Å². The van der Waals surface area contributed by atoms with E-state index in [2.05, 4.69) is 0 Å². The summed E-state index contributed by atoms with van der Waals surface area (Å²) < 4.78 is 10.1. The number of amides is 2. The van der Waals surface area contributed by atoms with Crippen LogP contribution in [0.2, 0.25) is 5.02 Å². The Morgan fingerprint density at radius 2 is 2.04 bits per heavy atom. The SMILES string of the molecule is CN(CC(=O)N1CCOCC1)C(=O)COC(=O)/C=C/c1cccc(Cl)c1. The van der Waals surface area contributed by atoms with Gasteiger partial charge in [0.1, 0.15) is 0 Å². The maximum absolute atomic E-state index is 12.1. The lowest BCUT2D eigenvalue weighted by Gasteiger charge is -2.28. The van der Waals surface area contributed by atoms with Crippen LogP contribution < -0.4 is 0 Å². The van der Waals surface area contributed by atoms with Crippen LogP contribution in [-0.4, -0.2) is 74.1 Å². The second kappa shape index (κ2) is 9.94. The molecule has 26 heavy (non-hydrogen) atoms. The molecule has 0 unspecified atom stereocenters. The molecule has 0 aromatic heterocycles. The Hall–Kier alpha value is -2.38. The molecule has 2 amide bonds. The average molecular weight is 381 g/mol. The summed E-state index contributed by atoms with van der Waals surface area (Å²) in [5.41, 5.74) is 0.744. The second-order valence-corrected chi connectivity index (χ2v) is 6.18. The fourth-order valence-corrected chi connectivity index (χ4v) is 2.47. The first-order valence-electron chi connectivity index (χ1n) is 8.15. The quantitative estimate of drug-likeness (QED) is 0.547. The molecule has 0 atom stereocenters. The van der Waals surface area contributed by atoms with Crippen LogP contribution in [0.1, 0.15) is 5.56 Å². The zero-order valence-electron chi connectivity index (χ0n) is 14.5. The standard InChI is InChI=1S/C18H21ClN2O5/c1-20(12-16(22)21-7-9-25-10-8-21)17(23)13-26-18(24)6-5-14-3-2-4-15(19)11-14/h2-6,11H,7-10,12-13H2,1H3/b6-5+. The highest BCUT2D eigenvalue weighted by atomic mass is 35.5. The predicted octanol–water partition coefficient (Wildman–Crippen LogP) is 1.21. The van der Waals surface area contributed by atoms with Gasteiger partial charge in [-0.25, -0.2) is 4.79 Å². The van der Waals surface area contributed by atoms with Crippen molar-refractivity contribution in [1.82, 2.24) is 9.80 Å². The van der Waals surface area contributed by atoms with Crippen molar-refractivity contribution in [2.24, 2.45) is 0 Å². The van der Waals surface area contributed by atoms with Crippen molar-refractivity contribution in [2.75, 3.05) is 46.5 Å². The van der Waals surface area contributed by atoms with Gasteiger partial charge >= 0.3 is 5.97 Å². The summed E-state index contributed by atoms with van der Waals surface area (Å²) in [7, 11) is 1.50. The minimum Gasteiger partial charge on any atom is -0.452 e. The smallest absolute Gasteiger partial charge is 0.331 e. The Bertz CT molecular complexity index is 686. The van der Waals surface area contributed by atoms with Crippen LogP contribution in [0.4, 0.5) is 0 Å². The second-order valence-electron chi connectivity index (χ2n) is 5.74. The average Bonchev–Trinajstić information content (AvgIpc) is 2.65. The summed E-state index contributed by atoms with van der Waals surface area (Å²) in [6.07, 6.45) is 2.77. The third-order valence-electron chi connectivity index (χ3n) is 3.76. The number of hydrogen-bond acceptors (Lipinski definition) is 5. The van der Waals surface area contributed by atoms with Gasteiger partial charge in [-0.15, -0.1) is 0 Å². The number of morpholine rings is 1. The molecule has 7 nitrogen and oxygen atoms in total. The maximum atomic E-state index is 12.1. The predicted molar refractivity (Wildman–Crippen MR) is 96.5 cm³/mol. The van der Waals surface area contributed by atoms with E-state index in [1.54, 1.807) is 35.2 Å². The molecule has 0 saturated carbocycles. The first-order valence-corrected chi connectivity index (χ1v) is 8.53. The Morgan fingerprint density at radius 1 is 1.31 bits per heavy atom. The number of ether oxygens (including phenoxy) is 2. The van der Waals surface area contributed by atoms with Gasteiger partial charge in [-0.05, 0) is 23.8 Å². The number of esters is 1. The van der Waals surface area contributed by atoms with Crippen molar-refractivity contribution in [1.29, 1.82) is 0 Å². The highest BCUT2D eigenvalue weighted by Crippen LogP contribution is 2.11. The van der Waals surface area contributed by atoms with E-state index in [1.165, 1.54) is 18.0 Å². The summed E-state index contributed by atoms with van der Waals surface area (Å²) in [6, 6.07) is 6.97. The normalized spacial score (nSPS) is 14.3. The number of benzene rings is 1. The third-order valence-corrected chi connectivity index (χ3v) is 4.00. The van der Waals surface area contributed by atoms with Crippen molar-refractivity contribution in [3.05, 3.63) is 40.9 Å². The highest BCUT2D eigenvalue weighted by Gasteiger charge is 2.20. The molecule has 0 radical (unpaired) electrons. The van der Waals surface area contributed by atoms with Gasteiger partial charge in [0.25, 0.3) is 5.91 Å². The van der Waals surface area contributed by atoms with E-state index >= 15 is 0 Å². The van der Waals surface area contributed by atoms with E-state index in [-0.39, 0.29) is 12.5 Å². The van der Waals surface area contributed by atoms with Crippen LogP contribution in [0, 0.1) is 0 Å². The van der Waals surface area contributed by atoms with Gasteiger partial charge in [0, 0.05) is 31.2 Å². The molecular weight excluding hydrogens is 360 g/mol. The van der Waals surface area contributed by atoms with Crippen LogP contribution in [0.3, 0.4) is 0 Å². The largest absolute Gasteiger partial charge is 0.452 e. The van der Waals surface area contributed by atoms with E-state index in [1.807, 2.05) is 0 Å². The number of carbonyl (C=O) groups is 3. The minimum absolute atomic E-state index is 0.0608. The molecule has 1 saturated heterocycles. The Labute approximate surface area is 157 Å². The van der Waals surface area contributed by atoms with Crippen molar-refractivity contribution in [3.8, 4) is 0 Å². The summed E-state index contributed by atoms with van der Waals surface area (Å²) >= 11 is 5.86. The van der Waals surface area contributed by atoms with E-state index in [9.17, 15) is 14.4 Å². The molecule has 0 aliphatic carbocycles. The first-order chi connectivity index (χ1) is 12.5. The lowest BCUT2D eigenvalue weighted by Crippen LogP contribution is -2.46. The van der Waals surface area contributed by atoms with Gasteiger partial charge in [0.15, 0.2) is 6.61 Å². The van der Waals surface area contributed by atoms with Crippen LogP contribution in [-0.2, 0) is 23.9 Å². The molecule has 0 N–H and O–H groups in total. The maximum Gasteiger partial charge on any atom is 0.331 e. The molecule has 1 aromatic carbocycles. The molecule has 1 fully saturated rings. The van der Waals surface area contributed by atoms with Gasteiger partial charge in [-0.1, -0.05) is 23.7 Å². The van der Waals surface area contributed by atoms with Crippen molar-refractivity contribution < 1.29 is 23.9 Å². The molecule has 140 valence electrons. The number of nitrogens with zero attached hydrogens (tertiary/aromatic N) is 2. The van der Waals surface area contributed by atoms with Gasteiger partial charge in [-0.3, -0.25) is 9.59 Å².